The summed E-state index contributed by atoms with van der Waals surface area (Å²) in [5, 5.41) is 6.38. The van der Waals surface area contributed by atoms with Crippen LogP contribution in [-0.2, 0) is 4.74 Å². The van der Waals surface area contributed by atoms with E-state index in [9.17, 15) is 0 Å². The zero-order valence-electron chi connectivity index (χ0n) is 8.52. The van der Waals surface area contributed by atoms with Gasteiger partial charge in [0.25, 0.3) is 0 Å². The van der Waals surface area contributed by atoms with E-state index in [-0.39, 0.29) is 0 Å². The minimum atomic E-state index is 0.585. The van der Waals surface area contributed by atoms with Gasteiger partial charge in [0.05, 0.1) is 6.61 Å². The molecule has 3 heteroatoms. The highest BCUT2D eigenvalue weighted by molar-refractivity contribution is 4.51. The zero-order valence-corrected chi connectivity index (χ0v) is 8.52. The SMILES string of the molecule is CNCCOCCCNC(C)C. The van der Waals surface area contributed by atoms with Crippen LogP contribution in [0.25, 0.3) is 0 Å². The Hall–Kier alpha value is -0.120. The van der Waals surface area contributed by atoms with Crippen molar-refractivity contribution in [3.05, 3.63) is 0 Å². The Morgan fingerprint density at radius 2 is 1.92 bits per heavy atom. The normalized spacial score (nSPS) is 11.0. The molecule has 0 aliphatic rings. The molecule has 0 heterocycles. The van der Waals surface area contributed by atoms with Gasteiger partial charge < -0.3 is 15.4 Å². The maximum absolute atomic E-state index is 5.35. The fraction of sp³-hybridized carbons (Fsp3) is 1.00. The number of hydrogen-bond donors (Lipinski definition) is 2. The predicted octanol–water partition coefficient (Wildman–Crippen LogP) is 0.610. The smallest absolute Gasteiger partial charge is 0.0590 e. The van der Waals surface area contributed by atoms with Crippen molar-refractivity contribution in [3.63, 3.8) is 0 Å². The van der Waals surface area contributed by atoms with Crippen LogP contribution in [0.3, 0.4) is 0 Å². The first kappa shape index (κ1) is 11.9. The Labute approximate surface area is 75.9 Å². The highest BCUT2D eigenvalue weighted by Gasteiger charge is 1.91. The van der Waals surface area contributed by atoms with Crippen LogP contribution in [-0.4, -0.2) is 39.4 Å². The Kier molecular flexibility index (Phi) is 8.88. The van der Waals surface area contributed by atoms with Crippen LogP contribution >= 0.6 is 0 Å². The second-order valence-electron chi connectivity index (χ2n) is 3.18. The van der Waals surface area contributed by atoms with Crippen molar-refractivity contribution in [3.8, 4) is 0 Å². The molecule has 0 aliphatic carbocycles. The molecule has 0 atom stereocenters. The highest BCUT2D eigenvalue weighted by atomic mass is 16.5. The summed E-state index contributed by atoms with van der Waals surface area (Å²) < 4.78 is 5.35. The van der Waals surface area contributed by atoms with Crippen LogP contribution in [0.1, 0.15) is 20.3 Å². The van der Waals surface area contributed by atoms with E-state index in [1.165, 1.54) is 0 Å². The molecule has 2 N–H and O–H groups in total. The topological polar surface area (TPSA) is 33.3 Å². The Balaban J connectivity index is 2.82. The molecule has 0 saturated carbocycles. The molecule has 0 unspecified atom stereocenters. The monoisotopic (exact) mass is 174 g/mol. The van der Waals surface area contributed by atoms with E-state index in [2.05, 4.69) is 24.5 Å². The third-order valence-electron chi connectivity index (χ3n) is 1.51. The molecule has 0 aliphatic heterocycles. The third-order valence-corrected chi connectivity index (χ3v) is 1.51. The molecule has 0 rings (SSSR count). The lowest BCUT2D eigenvalue weighted by Gasteiger charge is -2.07. The zero-order chi connectivity index (χ0) is 9.23. The first-order valence-electron chi connectivity index (χ1n) is 4.73. The lowest BCUT2D eigenvalue weighted by atomic mass is 10.3. The quantitative estimate of drug-likeness (QED) is 0.529. The summed E-state index contributed by atoms with van der Waals surface area (Å²) >= 11 is 0. The van der Waals surface area contributed by atoms with Gasteiger partial charge in [-0.2, -0.15) is 0 Å². The first-order valence-corrected chi connectivity index (χ1v) is 4.73. The third kappa shape index (κ3) is 9.88. The number of likely N-dealkylation sites (N-methyl/N-ethyl adjacent to an activating group) is 1. The maximum Gasteiger partial charge on any atom is 0.0590 e. The van der Waals surface area contributed by atoms with E-state index < -0.39 is 0 Å². The molecule has 0 aromatic heterocycles. The minimum absolute atomic E-state index is 0.585. The Morgan fingerprint density at radius 1 is 1.17 bits per heavy atom. The minimum Gasteiger partial charge on any atom is -0.380 e. The van der Waals surface area contributed by atoms with Crippen molar-refractivity contribution in [1.82, 2.24) is 10.6 Å². The molecule has 0 radical (unpaired) electrons. The standard InChI is InChI=1S/C9H22N2O/c1-9(2)11-5-4-7-12-8-6-10-3/h9-11H,4-8H2,1-3H3. The van der Waals surface area contributed by atoms with Crippen molar-refractivity contribution in [2.45, 2.75) is 26.3 Å². The number of nitrogens with one attached hydrogen (secondary N) is 2. The van der Waals surface area contributed by atoms with Gasteiger partial charge >= 0.3 is 0 Å². The van der Waals surface area contributed by atoms with Gasteiger partial charge in [0.2, 0.25) is 0 Å². The van der Waals surface area contributed by atoms with Crippen molar-refractivity contribution in [2.24, 2.45) is 0 Å². The van der Waals surface area contributed by atoms with Crippen LogP contribution in [0, 0.1) is 0 Å². The van der Waals surface area contributed by atoms with E-state index in [1.807, 2.05) is 7.05 Å². The summed E-state index contributed by atoms with van der Waals surface area (Å²) in [5.41, 5.74) is 0. The fourth-order valence-corrected chi connectivity index (χ4v) is 0.841. The molecule has 0 saturated heterocycles. The molecule has 0 amide bonds. The largest absolute Gasteiger partial charge is 0.380 e. The molecule has 0 fully saturated rings. The van der Waals surface area contributed by atoms with Crippen LogP contribution < -0.4 is 10.6 Å². The lowest BCUT2D eigenvalue weighted by Crippen LogP contribution is -2.24. The highest BCUT2D eigenvalue weighted by Crippen LogP contribution is 1.82. The molecule has 12 heavy (non-hydrogen) atoms. The van der Waals surface area contributed by atoms with Gasteiger partial charge in [-0.3, -0.25) is 0 Å². The molecule has 3 nitrogen and oxygen atoms in total. The van der Waals surface area contributed by atoms with Gasteiger partial charge in [-0.05, 0) is 20.0 Å². The molecule has 0 spiro atoms. The number of rotatable bonds is 8. The summed E-state index contributed by atoms with van der Waals surface area (Å²) in [6.45, 7) is 7.98. The van der Waals surface area contributed by atoms with Crippen LogP contribution in [0.5, 0.6) is 0 Å². The predicted molar refractivity (Wildman–Crippen MR) is 52.5 cm³/mol. The molecule has 0 aromatic rings. The van der Waals surface area contributed by atoms with E-state index in [0.29, 0.717) is 6.04 Å². The average Bonchev–Trinajstić information content (AvgIpc) is 2.02. The summed E-state index contributed by atoms with van der Waals surface area (Å²) in [6.07, 6.45) is 1.10. The van der Waals surface area contributed by atoms with Gasteiger partial charge in [0.15, 0.2) is 0 Å². The molecule has 0 aromatic carbocycles. The average molecular weight is 174 g/mol. The summed E-state index contributed by atoms with van der Waals surface area (Å²) in [6, 6.07) is 0.585. The van der Waals surface area contributed by atoms with Gasteiger partial charge in [-0.1, -0.05) is 13.8 Å². The van der Waals surface area contributed by atoms with Crippen LogP contribution in [0.4, 0.5) is 0 Å². The van der Waals surface area contributed by atoms with Crippen molar-refractivity contribution >= 4 is 0 Å². The van der Waals surface area contributed by atoms with E-state index in [4.69, 9.17) is 4.74 Å². The van der Waals surface area contributed by atoms with Gasteiger partial charge in [0.1, 0.15) is 0 Å². The molecular formula is C9H22N2O. The maximum atomic E-state index is 5.35. The van der Waals surface area contributed by atoms with Crippen LogP contribution in [0.15, 0.2) is 0 Å². The van der Waals surface area contributed by atoms with Crippen molar-refractivity contribution < 1.29 is 4.74 Å². The van der Waals surface area contributed by atoms with Gasteiger partial charge in [-0.25, -0.2) is 0 Å². The Morgan fingerprint density at radius 3 is 2.50 bits per heavy atom. The summed E-state index contributed by atoms with van der Waals surface area (Å²) in [7, 11) is 1.93. The fourth-order valence-electron chi connectivity index (χ4n) is 0.841. The number of ether oxygens (including phenoxy) is 1. The van der Waals surface area contributed by atoms with Crippen molar-refractivity contribution in [1.29, 1.82) is 0 Å². The van der Waals surface area contributed by atoms with Crippen molar-refractivity contribution in [2.75, 3.05) is 33.4 Å². The van der Waals surface area contributed by atoms with E-state index in [1.54, 1.807) is 0 Å². The Bertz CT molecular complexity index is 86.6. The molecule has 0 bridgehead atoms. The van der Waals surface area contributed by atoms with Gasteiger partial charge in [-0.15, -0.1) is 0 Å². The van der Waals surface area contributed by atoms with Crippen LogP contribution in [0.2, 0.25) is 0 Å². The van der Waals surface area contributed by atoms with Gasteiger partial charge in [0, 0.05) is 19.2 Å². The van der Waals surface area contributed by atoms with E-state index in [0.717, 1.165) is 32.7 Å². The summed E-state index contributed by atoms with van der Waals surface area (Å²) in [5.74, 6) is 0. The lowest BCUT2D eigenvalue weighted by molar-refractivity contribution is 0.134. The van der Waals surface area contributed by atoms with E-state index >= 15 is 0 Å². The molecular weight excluding hydrogens is 152 g/mol. The molecule has 74 valence electrons. The number of hydrogen-bond acceptors (Lipinski definition) is 3. The second-order valence-corrected chi connectivity index (χ2v) is 3.18. The first-order chi connectivity index (χ1) is 5.77. The summed E-state index contributed by atoms with van der Waals surface area (Å²) in [4.78, 5) is 0. The second kappa shape index (κ2) is 8.97.